The molecular formula is C16H29N3O2. The van der Waals surface area contributed by atoms with Crippen molar-refractivity contribution >= 4 is 5.91 Å². The third kappa shape index (κ3) is 4.41. The Kier molecular flexibility index (Phi) is 5.49. The minimum absolute atomic E-state index is 0.360. The highest BCUT2D eigenvalue weighted by Crippen LogP contribution is 2.20. The Labute approximate surface area is 128 Å². The second-order valence-electron chi connectivity index (χ2n) is 6.73. The largest absolute Gasteiger partial charge is 0.379 e. The van der Waals surface area contributed by atoms with Gasteiger partial charge in [-0.15, -0.1) is 0 Å². The molecule has 0 saturated carbocycles. The Morgan fingerprint density at radius 3 is 2.52 bits per heavy atom. The molecule has 0 aromatic rings. The van der Waals surface area contributed by atoms with E-state index in [0.29, 0.717) is 18.4 Å². The van der Waals surface area contributed by atoms with E-state index in [2.05, 4.69) is 15.1 Å². The van der Waals surface area contributed by atoms with Gasteiger partial charge in [-0.05, 0) is 38.1 Å². The van der Waals surface area contributed by atoms with Gasteiger partial charge >= 0.3 is 0 Å². The lowest BCUT2D eigenvalue weighted by Crippen LogP contribution is -2.45. The molecule has 0 aromatic heterocycles. The first kappa shape index (κ1) is 15.3. The molecule has 120 valence electrons. The van der Waals surface area contributed by atoms with Crippen molar-refractivity contribution in [2.24, 2.45) is 5.92 Å². The van der Waals surface area contributed by atoms with E-state index in [1.807, 2.05) is 0 Å². The maximum atomic E-state index is 12.3. The third-order valence-electron chi connectivity index (χ3n) is 5.17. The molecule has 3 heterocycles. The van der Waals surface area contributed by atoms with Crippen LogP contribution in [0.1, 0.15) is 32.1 Å². The number of nitrogens with zero attached hydrogens (tertiary/aromatic N) is 2. The molecule has 21 heavy (non-hydrogen) atoms. The molecule has 3 aliphatic heterocycles. The first-order valence-corrected chi connectivity index (χ1v) is 8.62. The number of nitrogens with one attached hydrogen (secondary N) is 1. The van der Waals surface area contributed by atoms with Crippen molar-refractivity contribution in [2.45, 2.75) is 38.1 Å². The van der Waals surface area contributed by atoms with E-state index in [1.54, 1.807) is 0 Å². The van der Waals surface area contributed by atoms with Crippen molar-refractivity contribution in [1.82, 2.24) is 15.1 Å². The average Bonchev–Trinajstić information content (AvgIpc) is 3.02. The Morgan fingerprint density at radius 1 is 1.10 bits per heavy atom. The van der Waals surface area contributed by atoms with Gasteiger partial charge in [-0.25, -0.2) is 0 Å². The highest BCUT2D eigenvalue weighted by atomic mass is 16.5. The molecule has 0 bridgehead atoms. The molecule has 1 atom stereocenters. The number of hydrogen-bond acceptors (Lipinski definition) is 4. The second kappa shape index (κ2) is 7.56. The fourth-order valence-electron chi connectivity index (χ4n) is 3.78. The fourth-order valence-corrected chi connectivity index (χ4v) is 3.78. The SMILES string of the molecule is O=C(CC1CCCN1)N1CCC(CN2CCOCC2)CC1. The van der Waals surface area contributed by atoms with Crippen molar-refractivity contribution < 1.29 is 9.53 Å². The van der Waals surface area contributed by atoms with E-state index in [4.69, 9.17) is 4.74 Å². The molecule has 0 radical (unpaired) electrons. The lowest BCUT2D eigenvalue weighted by atomic mass is 9.95. The summed E-state index contributed by atoms with van der Waals surface area (Å²) >= 11 is 0. The van der Waals surface area contributed by atoms with Gasteiger partial charge in [-0.1, -0.05) is 0 Å². The Hall–Kier alpha value is -0.650. The van der Waals surface area contributed by atoms with Crippen molar-refractivity contribution in [1.29, 1.82) is 0 Å². The summed E-state index contributed by atoms with van der Waals surface area (Å²) in [6, 6.07) is 0.434. The van der Waals surface area contributed by atoms with Crippen LogP contribution in [0.5, 0.6) is 0 Å². The number of likely N-dealkylation sites (tertiary alicyclic amines) is 1. The summed E-state index contributed by atoms with van der Waals surface area (Å²) in [6.07, 6.45) is 5.43. The average molecular weight is 295 g/mol. The Balaban J connectivity index is 1.36. The van der Waals surface area contributed by atoms with E-state index in [1.165, 1.54) is 32.2 Å². The number of ether oxygens (including phenoxy) is 1. The molecule has 1 unspecified atom stereocenters. The molecule has 3 rings (SSSR count). The van der Waals surface area contributed by atoms with Crippen LogP contribution >= 0.6 is 0 Å². The van der Waals surface area contributed by atoms with E-state index >= 15 is 0 Å². The van der Waals surface area contributed by atoms with Crippen molar-refractivity contribution in [3.63, 3.8) is 0 Å². The zero-order valence-electron chi connectivity index (χ0n) is 13.1. The zero-order valence-corrected chi connectivity index (χ0v) is 13.1. The van der Waals surface area contributed by atoms with Crippen LogP contribution in [-0.2, 0) is 9.53 Å². The molecule has 3 aliphatic rings. The predicted octanol–water partition coefficient (Wildman–Crippen LogP) is 0.699. The van der Waals surface area contributed by atoms with Gasteiger partial charge in [0.05, 0.1) is 13.2 Å². The van der Waals surface area contributed by atoms with Crippen LogP contribution in [-0.4, -0.2) is 74.2 Å². The molecule has 1 amide bonds. The van der Waals surface area contributed by atoms with Crippen LogP contribution in [0.2, 0.25) is 0 Å². The zero-order chi connectivity index (χ0) is 14.5. The molecule has 3 fully saturated rings. The monoisotopic (exact) mass is 295 g/mol. The molecule has 5 nitrogen and oxygen atoms in total. The number of amides is 1. The van der Waals surface area contributed by atoms with E-state index < -0.39 is 0 Å². The topological polar surface area (TPSA) is 44.8 Å². The highest BCUT2D eigenvalue weighted by Gasteiger charge is 2.27. The lowest BCUT2D eigenvalue weighted by Gasteiger charge is -2.36. The van der Waals surface area contributed by atoms with Gasteiger partial charge < -0.3 is 15.0 Å². The van der Waals surface area contributed by atoms with Gasteiger partial charge in [-0.2, -0.15) is 0 Å². The van der Waals surface area contributed by atoms with Gasteiger partial charge in [0.2, 0.25) is 5.91 Å². The molecular weight excluding hydrogens is 266 g/mol. The fraction of sp³-hybridized carbons (Fsp3) is 0.938. The first-order chi connectivity index (χ1) is 10.3. The summed E-state index contributed by atoms with van der Waals surface area (Å²) in [5.74, 6) is 1.12. The van der Waals surface area contributed by atoms with Crippen molar-refractivity contribution in [2.75, 3.05) is 52.5 Å². The van der Waals surface area contributed by atoms with Crippen molar-refractivity contribution in [3.8, 4) is 0 Å². The van der Waals surface area contributed by atoms with Gasteiger partial charge in [-0.3, -0.25) is 9.69 Å². The Bertz CT molecular complexity index is 330. The van der Waals surface area contributed by atoms with Crippen molar-refractivity contribution in [3.05, 3.63) is 0 Å². The second-order valence-corrected chi connectivity index (χ2v) is 6.73. The number of morpholine rings is 1. The Morgan fingerprint density at radius 2 is 1.86 bits per heavy atom. The standard InChI is InChI=1S/C16H29N3O2/c20-16(12-15-2-1-5-17-15)19-6-3-14(4-7-19)13-18-8-10-21-11-9-18/h14-15,17H,1-13H2. The summed E-state index contributed by atoms with van der Waals surface area (Å²) in [4.78, 5) is 16.9. The quantitative estimate of drug-likeness (QED) is 0.829. The molecule has 0 aliphatic carbocycles. The summed E-state index contributed by atoms with van der Waals surface area (Å²) in [5, 5.41) is 3.42. The normalized spacial score (nSPS) is 29.0. The number of carbonyl (C=O) groups is 1. The summed E-state index contributed by atoms with van der Waals surface area (Å²) in [6.45, 7) is 8.10. The smallest absolute Gasteiger partial charge is 0.224 e. The third-order valence-corrected chi connectivity index (χ3v) is 5.17. The summed E-state index contributed by atoms with van der Waals surface area (Å²) < 4.78 is 5.40. The van der Waals surface area contributed by atoms with E-state index in [-0.39, 0.29) is 0 Å². The van der Waals surface area contributed by atoms with Crippen LogP contribution in [0.15, 0.2) is 0 Å². The molecule has 0 spiro atoms. The van der Waals surface area contributed by atoms with E-state index in [9.17, 15) is 4.79 Å². The first-order valence-electron chi connectivity index (χ1n) is 8.62. The number of piperidine rings is 1. The molecule has 0 aromatic carbocycles. The molecule has 5 heteroatoms. The lowest BCUT2D eigenvalue weighted by molar-refractivity contribution is -0.133. The number of hydrogen-bond donors (Lipinski definition) is 1. The van der Waals surface area contributed by atoms with Crippen LogP contribution in [0.4, 0.5) is 0 Å². The van der Waals surface area contributed by atoms with Crippen LogP contribution < -0.4 is 5.32 Å². The van der Waals surface area contributed by atoms with Crippen LogP contribution in [0.25, 0.3) is 0 Å². The number of carbonyl (C=O) groups excluding carboxylic acids is 1. The van der Waals surface area contributed by atoms with E-state index in [0.717, 1.165) is 51.9 Å². The van der Waals surface area contributed by atoms with Gasteiger partial charge in [0, 0.05) is 45.2 Å². The van der Waals surface area contributed by atoms with Gasteiger partial charge in [0.25, 0.3) is 0 Å². The predicted molar refractivity (Wildman–Crippen MR) is 82.2 cm³/mol. The maximum Gasteiger partial charge on any atom is 0.224 e. The van der Waals surface area contributed by atoms with Gasteiger partial charge in [0.15, 0.2) is 0 Å². The summed E-state index contributed by atoms with van der Waals surface area (Å²) in [5.41, 5.74) is 0. The minimum Gasteiger partial charge on any atom is -0.379 e. The highest BCUT2D eigenvalue weighted by molar-refractivity contribution is 5.77. The maximum absolute atomic E-state index is 12.3. The van der Waals surface area contributed by atoms with Gasteiger partial charge in [0.1, 0.15) is 0 Å². The van der Waals surface area contributed by atoms with Crippen LogP contribution in [0, 0.1) is 5.92 Å². The molecule has 3 saturated heterocycles. The molecule has 1 N–H and O–H groups in total. The van der Waals surface area contributed by atoms with Crippen LogP contribution in [0.3, 0.4) is 0 Å². The summed E-state index contributed by atoms with van der Waals surface area (Å²) in [7, 11) is 0. The minimum atomic E-state index is 0.360. The number of rotatable bonds is 4.